The molecular weight excluding hydrogens is 617 g/mol. The lowest BCUT2D eigenvalue weighted by Gasteiger charge is -2.39. The second-order valence-corrected chi connectivity index (χ2v) is 39.5. The zero-order valence-corrected chi connectivity index (χ0v) is 36.1. The first kappa shape index (κ1) is 41.3. The highest BCUT2D eigenvalue weighted by Gasteiger charge is 2.41. The molecule has 0 bridgehead atoms. The molecule has 0 spiro atoms. The van der Waals surface area contributed by atoms with Crippen LogP contribution in [0.1, 0.15) is 30.9 Å². The van der Waals surface area contributed by atoms with Gasteiger partial charge in [0.15, 0.2) is 33.3 Å². The molecule has 0 aromatic heterocycles. The largest absolute Gasteiger partial charge is 0.439 e. The lowest BCUT2D eigenvalue weighted by Crippen LogP contribution is -2.53. The summed E-state index contributed by atoms with van der Waals surface area (Å²) in [5.41, 5.74) is 3.72. The zero-order valence-electron chi connectivity index (χ0n) is 30.0. The molecule has 0 fully saturated rings. The maximum atomic E-state index is 6.58. The van der Waals surface area contributed by atoms with Gasteiger partial charge in [0.1, 0.15) is 0 Å². The molecule has 10 heteroatoms. The molecular formula is C32H64O4Si6. The van der Waals surface area contributed by atoms with Crippen LogP contribution in [0.4, 0.5) is 0 Å². The minimum Gasteiger partial charge on any atom is -0.439 e. The Morgan fingerprint density at radius 1 is 0.643 bits per heavy atom. The Bertz CT molecular complexity index is 991. The van der Waals surface area contributed by atoms with Crippen molar-refractivity contribution in [3.63, 3.8) is 0 Å². The number of hydrogen-bond acceptors (Lipinski definition) is 4. The van der Waals surface area contributed by atoms with E-state index in [0.717, 1.165) is 11.6 Å². The molecule has 42 heavy (non-hydrogen) atoms. The Morgan fingerprint density at radius 3 is 1.29 bits per heavy atom. The van der Waals surface area contributed by atoms with Crippen LogP contribution in [0.5, 0.6) is 0 Å². The summed E-state index contributed by atoms with van der Waals surface area (Å²) in [6.07, 6.45) is 0. The summed E-state index contributed by atoms with van der Waals surface area (Å²) in [5.74, 6) is 0.482. The average Bonchev–Trinajstić information content (AvgIpc) is 2.75. The van der Waals surface area contributed by atoms with Gasteiger partial charge in [0.25, 0.3) is 9.28 Å². The number of hydrogen-bond donors (Lipinski definition) is 0. The molecule has 0 saturated carbocycles. The monoisotopic (exact) mass is 680 g/mol. The van der Waals surface area contributed by atoms with Crippen LogP contribution in [0.2, 0.25) is 97.7 Å². The summed E-state index contributed by atoms with van der Waals surface area (Å²) in [7, 11) is -9.40. The van der Waals surface area contributed by atoms with Gasteiger partial charge >= 0.3 is 8.56 Å². The minimum atomic E-state index is -2.14. The van der Waals surface area contributed by atoms with E-state index in [1.165, 1.54) is 11.1 Å². The maximum Gasteiger partial charge on any atom is 0.314 e. The Hall–Kier alpha value is -0.679. The van der Waals surface area contributed by atoms with Crippen LogP contribution in [0.25, 0.3) is 5.57 Å². The highest BCUT2D eigenvalue weighted by molar-refractivity contribution is 6.87. The van der Waals surface area contributed by atoms with E-state index in [1.54, 1.807) is 0 Å². The molecule has 0 aliphatic rings. The lowest BCUT2D eigenvalue weighted by atomic mass is 10.0. The number of benzene rings is 2. The quantitative estimate of drug-likeness (QED) is 0.209. The van der Waals surface area contributed by atoms with E-state index in [1.807, 2.05) is 25.1 Å². The third kappa shape index (κ3) is 22.8. The SMILES string of the molecule is C=C(C)c1ccccc1.CC(C[Si](C)(O[Si](C)(C)C)O[Si](C)(C)C)c1ccccc1.C[SiH](O[Si](C)(C)C)O[Si](C)(C)C. The van der Waals surface area contributed by atoms with E-state index in [-0.39, 0.29) is 0 Å². The fourth-order valence-corrected chi connectivity index (χ4v) is 26.1. The van der Waals surface area contributed by atoms with E-state index in [2.05, 4.69) is 148 Å². The standard InChI is InChI=1S/C16H32O2Si3.C9H10.C7H22O2Si3/c1-15(16-12-10-9-11-13-16)14-21(8,17-19(2,3)4)18-20(5,6)7;1-8(2)9-6-4-3-5-7-9;1-10(8-11(2,3)4)9-12(5,6)7/h9-13,15H,14H2,1-8H3;3-7H,1H2,2H3;10H,1-7H3. The summed E-state index contributed by atoms with van der Waals surface area (Å²) >= 11 is 0. The third-order valence-electron chi connectivity index (χ3n) is 5.40. The van der Waals surface area contributed by atoms with Crippen molar-refractivity contribution in [1.29, 1.82) is 0 Å². The zero-order chi connectivity index (χ0) is 33.0. The van der Waals surface area contributed by atoms with Crippen LogP contribution in [0.15, 0.2) is 67.2 Å². The van der Waals surface area contributed by atoms with E-state index in [0.29, 0.717) is 5.92 Å². The van der Waals surface area contributed by atoms with Gasteiger partial charge in [-0.1, -0.05) is 79.7 Å². The summed E-state index contributed by atoms with van der Waals surface area (Å²) in [5, 5.41) is 0. The molecule has 0 aliphatic heterocycles. The second kappa shape index (κ2) is 17.7. The fourth-order valence-electron chi connectivity index (χ4n) is 4.60. The Labute approximate surface area is 267 Å². The van der Waals surface area contributed by atoms with Crippen molar-refractivity contribution >= 4 is 56.7 Å². The molecule has 1 unspecified atom stereocenters. The number of rotatable bonds is 12. The fraction of sp³-hybridized carbons (Fsp3) is 0.562. The van der Waals surface area contributed by atoms with Crippen molar-refractivity contribution in [3.05, 3.63) is 78.4 Å². The average molecular weight is 681 g/mol. The summed E-state index contributed by atoms with van der Waals surface area (Å²) < 4.78 is 25.0. The predicted octanol–water partition coefficient (Wildman–Crippen LogP) is 10.8. The van der Waals surface area contributed by atoms with Crippen LogP contribution < -0.4 is 0 Å². The molecule has 2 rings (SSSR count). The molecule has 0 heterocycles. The van der Waals surface area contributed by atoms with E-state index in [9.17, 15) is 0 Å². The van der Waals surface area contributed by atoms with Crippen molar-refractivity contribution in [3.8, 4) is 0 Å². The summed E-state index contributed by atoms with van der Waals surface area (Å²) in [6.45, 7) is 39.4. The summed E-state index contributed by atoms with van der Waals surface area (Å²) in [6, 6.07) is 21.9. The van der Waals surface area contributed by atoms with Crippen LogP contribution >= 0.6 is 0 Å². The first-order valence-electron chi connectivity index (χ1n) is 15.3. The van der Waals surface area contributed by atoms with Crippen molar-refractivity contribution < 1.29 is 16.5 Å². The smallest absolute Gasteiger partial charge is 0.314 e. The van der Waals surface area contributed by atoms with Crippen molar-refractivity contribution in [2.45, 2.75) is 117 Å². The number of allylic oxidation sites excluding steroid dienone is 1. The molecule has 0 saturated heterocycles. The van der Waals surface area contributed by atoms with Gasteiger partial charge in [-0.05, 0) is 122 Å². The highest BCUT2D eigenvalue weighted by Crippen LogP contribution is 2.31. The molecule has 0 aliphatic carbocycles. The van der Waals surface area contributed by atoms with Crippen LogP contribution in [0, 0.1) is 0 Å². The van der Waals surface area contributed by atoms with Crippen LogP contribution in [-0.2, 0) is 16.5 Å². The summed E-state index contributed by atoms with van der Waals surface area (Å²) in [4.78, 5) is 0. The first-order chi connectivity index (χ1) is 18.8. The molecule has 4 nitrogen and oxygen atoms in total. The first-order valence-corrected chi connectivity index (χ1v) is 33.6. The van der Waals surface area contributed by atoms with Gasteiger partial charge in [-0.3, -0.25) is 0 Å². The second-order valence-electron chi connectivity index (χ2n) is 15.3. The topological polar surface area (TPSA) is 36.9 Å². The van der Waals surface area contributed by atoms with Gasteiger partial charge in [0.05, 0.1) is 0 Å². The molecule has 0 radical (unpaired) electrons. The van der Waals surface area contributed by atoms with E-state index < -0.39 is 51.1 Å². The molecule has 0 amide bonds. The van der Waals surface area contributed by atoms with E-state index >= 15 is 0 Å². The molecule has 240 valence electrons. The van der Waals surface area contributed by atoms with Gasteiger partial charge in [-0.2, -0.15) is 0 Å². The Morgan fingerprint density at radius 2 is 1.00 bits per heavy atom. The maximum absolute atomic E-state index is 6.58. The molecule has 1 atom stereocenters. The normalized spacial score (nSPS) is 13.5. The highest BCUT2D eigenvalue weighted by atomic mass is 28.5. The van der Waals surface area contributed by atoms with E-state index in [4.69, 9.17) is 16.5 Å². The van der Waals surface area contributed by atoms with Crippen molar-refractivity contribution in [2.24, 2.45) is 0 Å². The Balaban J connectivity index is 0.000000672. The predicted molar refractivity (Wildman–Crippen MR) is 203 cm³/mol. The van der Waals surface area contributed by atoms with Gasteiger partial charge in [0.2, 0.25) is 0 Å². The van der Waals surface area contributed by atoms with Gasteiger partial charge < -0.3 is 16.5 Å². The molecule has 2 aromatic rings. The van der Waals surface area contributed by atoms with Gasteiger partial charge in [0, 0.05) is 0 Å². The van der Waals surface area contributed by atoms with Crippen LogP contribution in [-0.4, -0.2) is 51.1 Å². The minimum absolute atomic E-state index is 0.482. The van der Waals surface area contributed by atoms with Gasteiger partial charge in [-0.15, -0.1) is 0 Å². The van der Waals surface area contributed by atoms with Crippen molar-refractivity contribution in [1.82, 2.24) is 0 Å². The van der Waals surface area contributed by atoms with Crippen LogP contribution in [0.3, 0.4) is 0 Å². The molecule has 0 N–H and O–H groups in total. The molecule has 2 aromatic carbocycles. The van der Waals surface area contributed by atoms with Crippen molar-refractivity contribution in [2.75, 3.05) is 0 Å². The lowest BCUT2D eigenvalue weighted by molar-refractivity contribution is 0.378. The Kier molecular flexibility index (Phi) is 17.4. The third-order valence-corrected chi connectivity index (χ3v) is 23.4. The van der Waals surface area contributed by atoms with Gasteiger partial charge in [-0.25, -0.2) is 0 Å².